The molecule has 0 saturated heterocycles. The van der Waals surface area contributed by atoms with Gasteiger partial charge < -0.3 is 10.4 Å². The molecule has 0 aliphatic heterocycles. The SMILES string of the molecule is O=[N+]([O-])c1cc(CNCC2(O)CCc3ccccc32)cs1. The van der Waals surface area contributed by atoms with Crippen molar-refractivity contribution in [3.05, 3.63) is 62.5 Å². The number of fused-ring (bicyclic) bond motifs is 1. The molecule has 0 spiro atoms. The molecule has 110 valence electrons. The molecule has 1 heterocycles. The minimum atomic E-state index is -0.835. The van der Waals surface area contributed by atoms with Crippen LogP contribution in [0.25, 0.3) is 0 Å². The van der Waals surface area contributed by atoms with Gasteiger partial charge in [0.2, 0.25) is 0 Å². The molecule has 2 aromatic rings. The summed E-state index contributed by atoms with van der Waals surface area (Å²) in [5, 5.41) is 26.5. The molecule has 5 nitrogen and oxygen atoms in total. The first-order valence-corrected chi connectivity index (χ1v) is 7.70. The van der Waals surface area contributed by atoms with Gasteiger partial charge in [0.25, 0.3) is 0 Å². The highest BCUT2D eigenvalue weighted by atomic mass is 32.1. The molecule has 0 radical (unpaired) electrons. The Labute approximate surface area is 126 Å². The van der Waals surface area contributed by atoms with Crippen LogP contribution in [0, 0.1) is 10.1 Å². The van der Waals surface area contributed by atoms with Crippen LogP contribution in [0.5, 0.6) is 0 Å². The van der Waals surface area contributed by atoms with Gasteiger partial charge in [-0.15, -0.1) is 0 Å². The third-order valence-corrected chi connectivity index (χ3v) is 4.82. The molecule has 3 rings (SSSR count). The second-order valence-electron chi connectivity index (χ2n) is 5.34. The Kier molecular flexibility index (Phi) is 3.75. The molecule has 1 atom stereocenters. The molecule has 0 fully saturated rings. The first-order valence-electron chi connectivity index (χ1n) is 6.82. The summed E-state index contributed by atoms with van der Waals surface area (Å²) >= 11 is 1.13. The predicted octanol–water partition coefficient (Wildman–Crippen LogP) is 2.58. The van der Waals surface area contributed by atoms with E-state index >= 15 is 0 Å². The van der Waals surface area contributed by atoms with Crippen molar-refractivity contribution in [3.63, 3.8) is 0 Å². The van der Waals surface area contributed by atoms with Crippen LogP contribution in [-0.4, -0.2) is 16.6 Å². The molecule has 1 aromatic heterocycles. The van der Waals surface area contributed by atoms with Crippen molar-refractivity contribution < 1.29 is 10.0 Å². The lowest BCUT2D eigenvalue weighted by Crippen LogP contribution is -2.35. The van der Waals surface area contributed by atoms with Crippen LogP contribution in [0.2, 0.25) is 0 Å². The van der Waals surface area contributed by atoms with E-state index in [0.29, 0.717) is 19.5 Å². The number of aryl methyl sites for hydroxylation is 1. The van der Waals surface area contributed by atoms with Gasteiger partial charge >= 0.3 is 5.00 Å². The van der Waals surface area contributed by atoms with E-state index in [4.69, 9.17) is 0 Å². The van der Waals surface area contributed by atoms with Crippen molar-refractivity contribution in [1.82, 2.24) is 5.32 Å². The minimum absolute atomic E-state index is 0.150. The average molecular weight is 304 g/mol. The summed E-state index contributed by atoms with van der Waals surface area (Å²) in [5.74, 6) is 0. The normalized spacial score (nSPS) is 20.4. The molecule has 0 bridgehead atoms. The summed E-state index contributed by atoms with van der Waals surface area (Å²) in [7, 11) is 0. The summed E-state index contributed by atoms with van der Waals surface area (Å²) in [5.41, 5.74) is 2.24. The molecule has 6 heteroatoms. The molecule has 1 aliphatic carbocycles. The number of nitrogens with zero attached hydrogens (tertiary/aromatic N) is 1. The average Bonchev–Trinajstić information content (AvgIpc) is 3.06. The maximum Gasteiger partial charge on any atom is 0.324 e. The molecule has 21 heavy (non-hydrogen) atoms. The Hall–Kier alpha value is -1.76. The highest BCUT2D eigenvalue weighted by Crippen LogP contribution is 2.36. The van der Waals surface area contributed by atoms with Crippen LogP contribution in [0.15, 0.2) is 35.7 Å². The fraction of sp³-hybridized carbons (Fsp3) is 0.333. The molecular formula is C15H16N2O3S. The molecule has 2 N–H and O–H groups in total. The van der Waals surface area contributed by atoms with Gasteiger partial charge in [0, 0.05) is 24.5 Å². The van der Waals surface area contributed by atoms with Crippen LogP contribution in [-0.2, 0) is 18.6 Å². The molecule has 0 saturated carbocycles. The molecular weight excluding hydrogens is 288 g/mol. The Bertz CT molecular complexity index is 670. The molecule has 1 aliphatic rings. The number of benzene rings is 1. The number of rotatable bonds is 5. The van der Waals surface area contributed by atoms with Crippen LogP contribution in [0.4, 0.5) is 5.00 Å². The predicted molar refractivity (Wildman–Crippen MR) is 81.3 cm³/mol. The van der Waals surface area contributed by atoms with Crippen molar-refractivity contribution in [2.24, 2.45) is 0 Å². The Morgan fingerprint density at radius 1 is 1.43 bits per heavy atom. The highest BCUT2D eigenvalue weighted by Gasteiger charge is 2.35. The van der Waals surface area contributed by atoms with E-state index in [1.165, 1.54) is 5.56 Å². The van der Waals surface area contributed by atoms with E-state index in [1.807, 2.05) is 18.2 Å². The molecule has 1 unspecified atom stereocenters. The van der Waals surface area contributed by atoms with Crippen molar-refractivity contribution in [1.29, 1.82) is 0 Å². The van der Waals surface area contributed by atoms with Crippen molar-refractivity contribution in [2.75, 3.05) is 6.54 Å². The quantitative estimate of drug-likeness (QED) is 0.657. The van der Waals surface area contributed by atoms with E-state index in [1.54, 1.807) is 11.4 Å². The summed E-state index contributed by atoms with van der Waals surface area (Å²) in [4.78, 5) is 10.3. The zero-order valence-corrected chi connectivity index (χ0v) is 12.2. The van der Waals surface area contributed by atoms with Gasteiger partial charge in [-0.3, -0.25) is 10.1 Å². The number of thiophene rings is 1. The van der Waals surface area contributed by atoms with Crippen LogP contribution >= 0.6 is 11.3 Å². The topological polar surface area (TPSA) is 75.4 Å². The maximum atomic E-state index is 10.7. The number of hydrogen-bond donors (Lipinski definition) is 2. The first kappa shape index (κ1) is 14.2. The van der Waals surface area contributed by atoms with Crippen molar-refractivity contribution >= 4 is 16.3 Å². The van der Waals surface area contributed by atoms with Crippen LogP contribution < -0.4 is 5.32 Å². The third kappa shape index (κ3) is 2.83. The first-order chi connectivity index (χ1) is 10.1. The number of nitrogens with one attached hydrogen (secondary N) is 1. The van der Waals surface area contributed by atoms with Crippen molar-refractivity contribution in [3.8, 4) is 0 Å². The molecule has 0 amide bonds. The van der Waals surface area contributed by atoms with E-state index < -0.39 is 5.60 Å². The number of hydrogen-bond acceptors (Lipinski definition) is 5. The summed E-state index contributed by atoms with van der Waals surface area (Å²) in [6, 6.07) is 9.53. The maximum absolute atomic E-state index is 10.7. The highest BCUT2D eigenvalue weighted by molar-refractivity contribution is 7.13. The van der Waals surface area contributed by atoms with Crippen LogP contribution in [0.1, 0.15) is 23.1 Å². The third-order valence-electron chi connectivity index (χ3n) is 3.89. The lowest BCUT2D eigenvalue weighted by atomic mass is 9.96. The largest absolute Gasteiger partial charge is 0.384 e. The minimum Gasteiger partial charge on any atom is -0.384 e. The standard InChI is InChI=1S/C15H16N2O3S/c18-15(6-5-12-3-1-2-4-13(12)15)10-16-8-11-7-14(17(19)20)21-9-11/h1-4,7,9,16,18H,5-6,8,10H2. The van der Waals surface area contributed by atoms with E-state index in [0.717, 1.165) is 28.9 Å². The fourth-order valence-corrected chi connectivity index (χ4v) is 3.55. The lowest BCUT2D eigenvalue weighted by Gasteiger charge is -2.24. The molecule has 1 aromatic carbocycles. The Balaban J connectivity index is 1.62. The zero-order valence-electron chi connectivity index (χ0n) is 11.4. The second kappa shape index (κ2) is 5.55. The van der Waals surface area contributed by atoms with E-state index in [9.17, 15) is 15.2 Å². The van der Waals surface area contributed by atoms with Gasteiger partial charge in [0.15, 0.2) is 0 Å². The Morgan fingerprint density at radius 3 is 3.00 bits per heavy atom. The van der Waals surface area contributed by atoms with Gasteiger partial charge in [0.1, 0.15) is 5.60 Å². The number of aliphatic hydroxyl groups is 1. The van der Waals surface area contributed by atoms with Crippen LogP contribution in [0.3, 0.4) is 0 Å². The fourth-order valence-electron chi connectivity index (χ4n) is 2.82. The van der Waals surface area contributed by atoms with Gasteiger partial charge in [-0.25, -0.2) is 0 Å². The lowest BCUT2D eigenvalue weighted by molar-refractivity contribution is -0.380. The van der Waals surface area contributed by atoms with Crippen molar-refractivity contribution in [2.45, 2.75) is 25.0 Å². The van der Waals surface area contributed by atoms with Gasteiger partial charge in [-0.1, -0.05) is 35.6 Å². The zero-order chi connectivity index (χ0) is 14.9. The Morgan fingerprint density at radius 2 is 2.24 bits per heavy atom. The summed E-state index contributed by atoms with van der Waals surface area (Å²) < 4.78 is 0. The second-order valence-corrected chi connectivity index (χ2v) is 6.23. The van der Waals surface area contributed by atoms with Gasteiger partial charge in [-0.2, -0.15) is 0 Å². The van der Waals surface area contributed by atoms with E-state index in [2.05, 4.69) is 11.4 Å². The van der Waals surface area contributed by atoms with Gasteiger partial charge in [0.05, 0.1) is 4.92 Å². The summed E-state index contributed by atoms with van der Waals surface area (Å²) in [6.45, 7) is 0.975. The van der Waals surface area contributed by atoms with E-state index in [-0.39, 0.29) is 9.92 Å². The summed E-state index contributed by atoms with van der Waals surface area (Å²) in [6.07, 6.45) is 1.60. The van der Waals surface area contributed by atoms with Gasteiger partial charge in [-0.05, 0) is 29.5 Å². The monoisotopic (exact) mass is 304 g/mol. The number of nitro groups is 1. The smallest absolute Gasteiger partial charge is 0.324 e.